The van der Waals surface area contributed by atoms with Crippen LogP contribution >= 0.6 is 23.2 Å². The Morgan fingerprint density at radius 3 is 2.60 bits per heavy atom. The van der Waals surface area contributed by atoms with Crippen LogP contribution in [0, 0.1) is 5.92 Å². The lowest BCUT2D eigenvalue weighted by Crippen LogP contribution is -2.31. The van der Waals surface area contributed by atoms with Crippen LogP contribution < -0.4 is 5.32 Å². The third-order valence-corrected chi connectivity index (χ3v) is 5.51. The van der Waals surface area contributed by atoms with Gasteiger partial charge in [-0.1, -0.05) is 53.6 Å². The van der Waals surface area contributed by atoms with Crippen molar-refractivity contribution in [3.05, 3.63) is 75.3 Å². The zero-order valence-electron chi connectivity index (χ0n) is 12.9. The summed E-state index contributed by atoms with van der Waals surface area (Å²) in [7, 11) is 0. The van der Waals surface area contributed by atoms with Crippen LogP contribution in [0.2, 0.25) is 10.0 Å². The molecule has 0 fully saturated rings. The van der Waals surface area contributed by atoms with E-state index in [0.29, 0.717) is 22.2 Å². The summed E-state index contributed by atoms with van der Waals surface area (Å²) in [5.74, 6) is -0.0398. The van der Waals surface area contributed by atoms with Crippen LogP contribution in [0.25, 0.3) is 0 Å². The van der Waals surface area contributed by atoms with E-state index < -0.39 is 17.8 Å². The van der Waals surface area contributed by atoms with Gasteiger partial charge in [-0.2, -0.15) is 13.2 Å². The first kappa shape index (κ1) is 16.8. The summed E-state index contributed by atoms with van der Waals surface area (Å²) in [6.45, 7) is 0. The number of fused-ring (bicyclic) bond motifs is 3. The van der Waals surface area contributed by atoms with E-state index in [9.17, 15) is 13.2 Å². The maximum absolute atomic E-state index is 13.5. The van der Waals surface area contributed by atoms with Crippen LogP contribution in [0.15, 0.2) is 48.6 Å². The quantitative estimate of drug-likeness (QED) is 0.531. The third-order valence-electron chi connectivity index (χ3n) is 4.98. The van der Waals surface area contributed by atoms with Crippen molar-refractivity contribution in [3.63, 3.8) is 0 Å². The second-order valence-corrected chi connectivity index (χ2v) is 7.25. The molecule has 0 spiro atoms. The van der Waals surface area contributed by atoms with Crippen molar-refractivity contribution in [2.45, 2.75) is 24.6 Å². The second kappa shape index (κ2) is 5.96. The highest BCUT2D eigenvalue weighted by Gasteiger charge is 2.43. The highest BCUT2D eigenvalue weighted by atomic mass is 35.5. The Morgan fingerprint density at radius 1 is 1.08 bits per heavy atom. The molecule has 0 radical (unpaired) electrons. The summed E-state index contributed by atoms with van der Waals surface area (Å²) in [6.07, 6.45) is 0.354. The van der Waals surface area contributed by atoms with Gasteiger partial charge in [0.1, 0.15) is 0 Å². The fourth-order valence-electron chi connectivity index (χ4n) is 3.98. The Bertz CT molecular complexity index is 860. The van der Waals surface area contributed by atoms with E-state index in [1.54, 1.807) is 24.3 Å². The van der Waals surface area contributed by atoms with E-state index in [1.807, 2.05) is 12.2 Å². The van der Waals surface area contributed by atoms with E-state index in [-0.39, 0.29) is 17.4 Å². The summed E-state index contributed by atoms with van der Waals surface area (Å²) < 4.78 is 40.5. The lowest BCUT2D eigenvalue weighted by Gasteiger charge is -2.39. The van der Waals surface area contributed by atoms with Crippen LogP contribution in [0.5, 0.6) is 0 Å². The average molecular weight is 384 g/mol. The highest BCUT2D eigenvalue weighted by Crippen LogP contribution is 2.53. The maximum atomic E-state index is 13.5. The molecular formula is C19H14Cl2F3N. The predicted octanol–water partition coefficient (Wildman–Crippen LogP) is 6.84. The lowest BCUT2D eigenvalue weighted by molar-refractivity contribution is -0.138. The molecule has 1 aliphatic carbocycles. The molecule has 1 heterocycles. The summed E-state index contributed by atoms with van der Waals surface area (Å²) in [5.41, 5.74) is 1.27. The molecule has 0 amide bonds. The molecule has 2 aliphatic rings. The minimum absolute atomic E-state index is 0.0188. The molecule has 0 aromatic heterocycles. The predicted molar refractivity (Wildman–Crippen MR) is 94.3 cm³/mol. The molecule has 0 saturated heterocycles. The van der Waals surface area contributed by atoms with Crippen molar-refractivity contribution < 1.29 is 13.2 Å². The fraction of sp³-hybridized carbons (Fsp3) is 0.263. The molecule has 4 rings (SSSR count). The molecule has 0 saturated carbocycles. The highest BCUT2D eigenvalue weighted by molar-refractivity contribution is 6.35. The van der Waals surface area contributed by atoms with Gasteiger partial charge in [-0.05, 0) is 36.1 Å². The molecule has 1 nitrogen and oxygen atoms in total. The van der Waals surface area contributed by atoms with Gasteiger partial charge in [0, 0.05) is 27.2 Å². The zero-order valence-corrected chi connectivity index (χ0v) is 14.5. The number of halogens is 5. The summed E-state index contributed by atoms with van der Waals surface area (Å²) in [5, 5.41) is 4.27. The first-order valence-corrected chi connectivity index (χ1v) is 8.70. The van der Waals surface area contributed by atoms with Crippen molar-refractivity contribution in [2.24, 2.45) is 5.92 Å². The Kier molecular flexibility index (Phi) is 4.00. The van der Waals surface area contributed by atoms with Gasteiger partial charge in [0.25, 0.3) is 0 Å². The standard InChI is InChI=1S/C19H14Cl2F3N/c20-10-8-15(21)17-11-5-3-6-12(11)18(25-16(17)9-10)13-4-1-2-7-14(13)19(22,23)24/h1-5,7-9,11-12,18,25H,6H2/t11-,12-,18+/m0/s1. The summed E-state index contributed by atoms with van der Waals surface area (Å²) in [4.78, 5) is 0. The van der Waals surface area contributed by atoms with Gasteiger partial charge in [-0.25, -0.2) is 0 Å². The fourth-order valence-corrected chi connectivity index (χ4v) is 4.60. The minimum Gasteiger partial charge on any atom is -0.378 e. The Balaban J connectivity index is 1.86. The topological polar surface area (TPSA) is 12.0 Å². The van der Waals surface area contributed by atoms with E-state index in [2.05, 4.69) is 5.32 Å². The molecule has 2 aromatic carbocycles. The number of anilines is 1. The summed E-state index contributed by atoms with van der Waals surface area (Å²) in [6, 6.07) is 8.69. The molecule has 6 heteroatoms. The molecule has 1 N–H and O–H groups in total. The number of allylic oxidation sites excluding steroid dienone is 2. The molecule has 0 unspecified atom stereocenters. The Hall–Kier alpha value is -1.65. The van der Waals surface area contributed by atoms with Gasteiger partial charge in [0.05, 0.1) is 11.6 Å². The smallest absolute Gasteiger partial charge is 0.378 e. The number of hydrogen-bond donors (Lipinski definition) is 1. The monoisotopic (exact) mass is 383 g/mol. The van der Waals surface area contributed by atoms with Crippen LogP contribution in [0.1, 0.15) is 35.1 Å². The van der Waals surface area contributed by atoms with E-state index in [0.717, 1.165) is 11.6 Å². The van der Waals surface area contributed by atoms with Crippen LogP contribution in [-0.4, -0.2) is 0 Å². The Morgan fingerprint density at radius 2 is 1.84 bits per heavy atom. The molecule has 3 atom stereocenters. The normalized spacial score (nSPS) is 24.6. The van der Waals surface area contributed by atoms with Crippen molar-refractivity contribution >= 4 is 28.9 Å². The molecule has 0 bridgehead atoms. The minimum atomic E-state index is -4.40. The number of nitrogens with one attached hydrogen (secondary N) is 1. The van der Waals surface area contributed by atoms with Crippen molar-refractivity contribution in [1.82, 2.24) is 0 Å². The van der Waals surface area contributed by atoms with Gasteiger partial charge in [-0.15, -0.1) is 0 Å². The first-order chi connectivity index (χ1) is 11.9. The second-order valence-electron chi connectivity index (χ2n) is 6.41. The first-order valence-electron chi connectivity index (χ1n) is 7.94. The van der Waals surface area contributed by atoms with Gasteiger partial charge >= 0.3 is 6.18 Å². The van der Waals surface area contributed by atoms with Crippen LogP contribution in [0.4, 0.5) is 18.9 Å². The average Bonchev–Trinajstić information content (AvgIpc) is 3.02. The van der Waals surface area contributed by atoms with Gasteiger partial charge in [-0.3, -0.25) is 0 Å². The third kappa shape index (κ3) is 2.81. The van der Waals surface area contributed by atoms with Gasteiger partial charge in [0.2, 0.25) is 0 Å². The van der Waals surface area contributed by atoms with Gasteiger partial charge in [0.15, 0.2) is 0 Å². The zero-order chi connectivity index (χ0) is 17.8. The van der Waals surface area contributed by atoms with Crippen molar-refractivity contribution in [3.8, 4) is 0 Å². The SMILES string of the molecule is FC(F)(F)c1ccccc1[C@@H]1Nc2cc(Cl)cc(Cl)c2[C@H]2C=CC[C@@H]21. The number of benzene rings is 2. The molecular weight excluding hydrogens is 370 g/mol. The van der Waals surface area contributed by atoms with Crippen LogP contribution in [-0.2, 0) is 6.18 Å². The van der Waals surface area contributed by atoms with E-state index in [4.69, 9.17) is 23.2 Å². The van der Waals surface area contributed by atoms with E-state index >= 15 is 0 Å². The van der Waals surface area contributed by atoms with Crippen LogP contribution in [0.3, 0.4) is 0 Å². The maximum Gasteiger partial charge on any atom is 0.416 e. The summed E-state index contributed by atoms with van der Waals surface area (Å²) >= 11 is 12.5. The van der Waals surface area contributed by atoms with E-state index in [1.165, 1.54) is 6.07 Å². The number of rotatable bonds is 1. The number of hydrogen-bond acceptors (Lipinski definition) is 1. The van der Waals surface area contributed by atoms with Crippen molar-refractivity contribution in [1.29, 1.82) is 0 Å². The molecule has 130 valence electrons. The number of alkyl halides is 3. The largest absolute Gasteiger partial charge is 0.416 e. The Labute approximate surface area is 153 Å². The molecule has 2 aromatic rings. The molecule has 25 heavy (non-hydrogen) atoms. The molecule has 1 aliphatic heterocycles. The van der Waals surface area contributed by atoms with Crippen molar-refractivity contribution in [2.75, 3.05) is 5.32 Å². The lowest BCUT2D eigenvalue weighted by atomic mass is 9.76. The van der Waals surface area contributed by atoms with Gasteiger partial charge < -0.3 is 5.32 Å².